The zero-order valence-electron chi connectivity index (χ0n) is 15.3. The van der Waals surface area contributed by atoms with Gasteiger partial charge in [-0.25, -0.2) is 0 Å². The lowest BCUT2D eigenvalue weighted by Gasteiger charge is -2.31. The van der Waals surface area contributed by atoms with Crippen LogP contribution in [-0.4, -0.2) is 15.9 Å². The van der Waals surface area contributed by atoms with Crippen molar-refractivity contribution in [3.63, 3.8) is 0 Å². The number of carbonyl (C=O) groups is 1. The third kappa shape index (κ3) is 3.57. The van der Waals surface area contributed by atoms with E-state index in [4.69, 9.17) is 12.2 Å². The Morgan fingerprint density at radius 2 is 1.61 bits per heavy atom. The molecule has 4 rings (SSSR count). The summed E-state index contributed by atoms with van der Waals surface area (Å²) in [5.74, 6) is -0.0153. The van der Waals surface area contributed by atoms with E-state index in [0.29, 0.717) is 16.4 Å². The van der Waals surface area contributed by atoms with Gasteiger partial charge in [-0.05, 0) is 48.0 Å². The summed E-state index contributed by atoms with van der Waals surface area (Å²) in [6.07, 6.45) is 3.44. The normalized spacial score (nSPS) is 16.3. The molecule has 1 aliphatic rings. The highest BCUT2D eigenvalue weighted by atomic mass is 32.1. The number of aromatic nitrogens is 1. The van der Waals surface area contributed by atoms with Crippen molar-refractivity contribution in [3.05, 3.63) is 95.8 Å². The lowest BCUT2D eigenvalue weighted by molar-refractivity contribution is -0.113. The number of hydrogen-bond acceptors (Lipinski definition) is 3. The van der Waals surface area contributed by atoms with Crippen LogP contribution in [0.2, 0.25) is 0 Å². The summed E-state index contributed by atoms with van der Waals surface area (Å²) in [4.78, 5) is 16.7. The van der Waals surface area contributed by atoms with Gasteiger partial charge in [0.05, 0.1) is 11.7 Å². The van der Waals surface area contributed by atoms with Crippen LogP contribution in [0.4, 0.5) is 0 Å². The van der Waals surface area contributed by atoms with E-state index in [1.807, 2.05) is 42.5 Å². The molecule has 0 spiro atoms. The molecule has 28 heavy (non-hydrogen) atoms. The number of Topliss-reactive ketones (excluding diaryl/α,β-unsaturated/α-hetero) is 1. The summed E-state index contributed by atoms with van der Waals surface area (Å²) >= 11 is 5.41. The van der Waals surface area contributed by atoms with Crippen molar-refractivity contribution >= 4 is 28.8 Å². The molecule has 3 aromatic rings. The van der Waals surface area contributed by atoms with Gasteiger partial charge in [0.1, 0.15) is 0 Å². The van der Waals surface area contributed by atoms with Crippen molar-refractivity contribution in [1.29, 1.82) is 0 Å². The molecular formula is C23H19N3OS. The molecular weight excluding hydrogens is 366 g/mol. The van der Waals surface area contributed by atoms with Crippen LogP contribution in [0.1, 0.15) is 24.1 Å². The Bertz CT molecular complexity index is 1040. The van der Waals surface area contributed by atoms with Gasteiger partial charge in [-0.3, -0.25) is 9.78 Å². The van der Waals surface area contributed by atoms with Crippen molar-refractivity contribution in [1.82, 2.24) is 15.6 Å². The first-order chi connectivity index (χ1) is 13.6. The summed E-state index contributed by atoms with van der Waals surface area (Å²) < 4.78 is 0. The number of benzene rings is 2. The molecule has 1 aromatic heterocycles. The van der Waals surface area contributed by atoms with E-state index in [-0.39, 0.29) is 11.8 Å². The first-order valence-electron chi connectivity index (χ1n) is 9.02. The molecule has 0 aliphatic carbocycles. The SMILES string of the molecule is CC(=O)C1=C(c2cccnc2)NC(=S)NC1c1ccc(-c2ccccc2)cc1. The Morgan fingerprint density at radius 3 is 2.25 bits per heavy atom. The average Bonchev–Trinajstić information content (AvgIpc) is 2.74. The van der Waals surface area contributed by atoms with E-state index in [9.17, 15) is 4.79 Å². The van der Waals surface area contributed by atoms with Gasteiger partial charge in [0, 0.05) is 23.5 Å². The maximum absolute atomic E-state index is 12.6. The van der Waals surface area contributed by atoms with E-state index in [1.54, 1.807) is 19.3 Å². The maximum Gasteiger partial charge on any atom is 0.171 e. The highest BCUT2D eigenvalue weighted by molar-refractivity contribution is 7.80. The third-order valence-corrected chi connectivity index (χ3v) is 4.97. The summed E-state index contributed by atoms with van der Waals surface area (Å²) in [7, 11) is 0. The Kier molecular flexibility index (Phi) is 5.00. The zero-order valence-corrected chi connectivity index (χ0v) is 16.2. The fourth-order valence-corrected chi connectivity index (χ4v) is 3.65. The lowest BCUT2D eigenvalue weighted by Crippen LogP contribution is -2.44. The highest BCUT2D eigenvalue weighted by Crippen LogP contribution is 2.32. The number of carbonyl (C=O) groups excluding carboxylic acids is 1. The summed E-state index contributed by atoms with van der Waals surface area (Å²) in [6, 6.07) is 21.9. The second kappa shape index (κ2) is 7.74. The molecule has 4 nitrogen and oxygen atoms in total. The molecule has 138 valence electrons. The van der Waals surface area contributed by atoms with E-state index in [2.05, 4.69) is 39.9 Å². The van der Waals surface area contributed by atoms with Gasteiger partial charge in [0.2, 0.25) is 0 Å². The molecule has 1 atom stereocenters. The fourth-order valence-electron chi connectivity index (χ4n) is 3.43. The molecule has 5 heteroatoms. The molecule has 1 aliphatic heterocycles. The van der Waals surface area contributed by atoms with Crippen molar-refractivity contribution in [3.8, 4) is 11.1 Å². The lowest BCUT2D eigenvalue weighted by atomic mass is 9.90. The first kappa shape index (κ1) is 18.1. The Balaban J connectivity index is 1.77. The summed E-state index contributed by atoms with van der Waals surface area (Å²) in [6.45, 7) is 1.58. The number of thiocarbonyl (C=S) groups is 1. The average molecular weight is 385 g/mol. The molecule has 2 heterocycles. The topological polar surface area (TPSA) is 54.0 Å². The molecule has 0 saturated heterocycles. The highest BCUT2D eigenvalue weighted by Gasteiger charge is 2.30. The third-order valence-electron chi connectivity index (χ3n) is 4.75. The van der Waals surface area contributed by atoms with Gasteiger partial charge in [-0.15, -0.1) is 0 Å². The number of ketones is 1. The van der Waals surface area contributed by atoms with Gasteiger partial charge >= 0.3 is 0 Å². The van der Waals surface area contributed by atoms with Crippen LogP contribution in [0.15, 0.2) is 84.7 Å². The molecule has 0 bridgehead atoms. The Hall–Kier alpha value is -3.31. The zero-order chi connectivity index (χ0) is 19.5. The smallest absolute Gasteiger partial charge is 0.171 e. The Morgan fingerprint density at radius 1 is 0.929 bits per heavy atom. The predicted molar refractivity (Wildman–Crippen MR) is 115 cm³/mol. The number of rotatable bonds is 4. The predicted octanol–water partition coefficient (Wildman–Crippen LogP) is 4.27. The van der Waals surface area contributed by atoms with Crippen LogP contribution >= 0.6 is 12.2 Å². The van der Waals surface area contributed by atoms with E-state index < -0.39 is 0 Å². The minimum Gasteiger partial charge on any atom is -0.351 e. The molecule has 0 saturated carbocycles. The standard InChI is InChI=1S/C23H19N3OS/c1-15(27)20-21(25-23(28)26-22(20)19-8-5-13-24-14-19)18-11-9-17(10-12-18)16-6-3-2-4-7-16/h2-14,21H,1H3,(H2,25,26,28). The van der Waals surface area contributed by atoms with Crippen LogP contribution < -0.4 is 10.6 Å². The second-order valence-corrected chi connectivity index (χ2v) is 7.01. The van der Waals surface area contributed by atoms with Crippen LogP contribution in [0.5, 0.6) is 0 Å². The van der Waals surface area contributed by atoms with Crippen LogP contribution in [0.3, 0.4) is 0 Å². The molecule has 0 radical (unpaired) electrons. The first-order valence-corrected chi connectivity index (χ1v) is 9.42. The van der Waals surface area contributed by atoms with Crippen molar-refractivity contribution in [2.75, 3.05) is 0 Å². The minimum atomic E-state index is -0.314. The number of hydrogen-bond donors (Lipinski definition) is 2. The van der Waals surface area contributed by atoms with Gasteiger partial charge in [-0.2, -0.15) is 0 Å². The number of nitrogens with zero attached hydrogens (tertiary/aromatic N) is 1. The largest absolute Gasteiger partial charge is 0.351 e. The second-order valence-electron chi connectivity index (χ2n) is 6.61. The molecule has 2 aromatic carbocycles. The monoisotopic (exact) mass is 385 g/mol. The summed E-state index contributed by atoms with van der Waals surface area (Å²) in [5.41, 5.74) is 5.45. The molecule has 0 amide bonds. The summed E-state index contributed by atoms with van der Waals surface area (Å²) in [5, 5.41) is 6.87. The van der Waals surface area contributed by atoms with Gasteiger partial charge < -0.3 is 10.6 Å². The van der Waals surface area contributed by atoms with Crippen LogP contribution in [-0.2, 0) is 4.79 Å². The number of pyridine rings is 1. The minimum absolute atomic E-state index is 0.0153. The number of nitrogens with one attached hydrogen (secondary N) is 2. The molecule has 2 N–H and O–H groups in total. The van der Waals surface area contributed by atoms with Gasteiger partial charge in [0.25, 0.3) is 0 Å². The van der Waals surface area contributed by atoms with Crippen LogP contribution in [0.25, 0.3) is 16.8 Å². The van der Waals surface area contributed by atoms with Crippen LogP contribution in [0, 0.1) is 0 Å². The molecule has 1 unspecified atom stereocenters. The fraction of sp³-hybridized carbons (Fsp3) is 0.0870. The van der Waals surface area contributed by atoms with Gasteiger partial charge in [0.15, 0.2) is 10.9 Å². The Labute approximate surface area is 169 Å². The van der Waals surface area contributed by atoms with E-state index in [0.717, 1.165) is 22.3 Å². The van der Waals surface area contributed by atoms with E-state index >= 15 is 0 Å². The van der Waals surface area contributed by atoms with Crippen molar-refractivity contribution in [2.45, 2.75) is 13.0 Å². The quantitative estimate of drug-likeness (QED) is 0.657. The van der Waals surface area contributed by atoms with Gasteiger partial charge in [-0.1, -0.05) is 54.6 Å². The molecule has 0 fully saturated rings. The van der Waals surface area contributed by atoms with Crippen molar-refractivity contribution in [2.24, 2.45) is 0 Å². The maximum atomic E-state index is 12.6. The van der Waals surface area contributed by atoms with E-state index in [1.165, 1.54) is 0 Å². The van der Waals surface area contributed by atoms with Crippen molar-refractivity contribution < 1.29 is 4.79 Å².